The van der Waals surface area contributed by atoms with E-state index in [-0.39, 0.29) is 17.6 Å². The summed E-state index contributed by atoms with van der Waals surface area (Å²) in [5.74, 6) is 0.550. The molecule has 1 heterocycles. The molecule has 1 aliphatic heterocycles. The fraction of sp³-hybridized carbons (Fsp3) is 0.588. The Morgan fingerprint density at radius 1 is 1.14 bits per heavy atom. The molecule has 1 aromatic carbocycles. The number of carbonyl (C=O) groups is 1. The first-order chi connectivity index (χ1) is 10.6. The van der Waals surface area contributed by atoms with Gasteiger partial charge < -0.3 is 5.32 Å². The van der Waals surface area contributed by atoms with Gasteiger partial charge in [0.15, 0.2) is 9.84 Å². The minimum absolute atomic E-state index is 0.144. The van der Waals surface area contributed by atoms with Crippen molar-refractivity contribution < 1.29 is 13.2 Å². The fourth-order valence-corrected chi connectivity index (χ4v) is 5.08. The van der Waals surface area contributed by atoms with Gasteiger partial charge in [0.25, 0.3) is 0 Å². The third kappa shape index (κ3) is 3.35. The van der Waals surface area contributed by atoms with Crippen LogP contribution in [0.1, 0.15) is 49.7 Å². The average Bonchev–Trinajstić information content (AvgIpc) is 2.53. The zero-order valence-corrected chi connectivity index (χ0v) is 13.6. The molecule has 22 heavy (non-hydrogen) atoms. The Morgan fingerprint density at radius 3 is 2.68 bits per heavy atom. The molecule has 1 aromatic rings. The number of amides is 1. The second kappa shape index (κ2) is 6.41. The minimum Gasteiger partial charge on any atom is -0.352 e. The fourth-order valence-electron chi connectivity index (χ4n) is 3.50. The molecule has 5 heteroatoms. The molecule has 0 spiro atoms. The van der Waals surface area contributed by atoms with Crippen molar-refractivity contribution >= 4 is 15.7 Å². The van der Waals surface area contributed by atoms with Crippen molar-refractivity contribution in [2.24, 2.45) is 5.92 Å². The maximum absolute atomic E-state index is 12.2. The molecule has 1 N–H and O–H groups in total. The molecule has 1 fully saturated rings. The first kappa shape index (κ1) is 15.5. The Balaban J connectivity index is 1.65. The Kier molecular flexibility index (Phi) is 4.52. The highest BCUT2D eigenvalue weighted by molar-refractivity contribution is 7.91. The van der Waals surface area contributed by atoms with Crippen molar-refractivity contribution in [2.75, 3.05) is 5.75 Å². The third-order valence-corrected chi connectivity index (χ3v) is 6.66. The van der Waals surface area contributed by atoms with E-state index in [1.165, 1.54) is 6.42 Å². The van der Waals surface area contributed by atoms with E-state index in [4.69, 9.17) is 0 Å². The van der Waals surface area contributed by atoms with Crippen LogP contribution in [0.15, 0.2) is 23.1 Å². The zero-order chi connectivity index (χ0) is 15.6. The Labute approximate surface area is 132 Å². The van der Waals surface area contributed by atoms with E-state index in [9.17, 15) is 13.2 Å². The van der Waals surface area contributed by atoms with Gasteiger partial charge in [-0.2, -0.15) is 0 Å². The van der Waals surface area contributed by atoms with E-state index in [0.29, 0.717) is 17.9 Å². The standard InChI is InChI=1S/C17H23NO3S/c19-17(14-5-2-1-3-6-14)18-12-13-8-9-16-15(11-13)7-4-10-22(16,20)21/h8-9,11,14H,1-7,10,12H2,(H,18,19). The van der Waals surface area contributed by atoms with E-state index >= 15 is 0 Å². The number of carbonyl (C=O) groups excluding carboxylic acids is 1. The summed E-state index contributed by atoms with van der Waals surface area (Å²) in [6.07, 6.45) is 7.02. The second-order valence-corrected chi connectivity index (χ2v) is 8.49. The lowest BCUT2D eigenvalue weighted by Gasteiger charge is -2.21. The number of benzene rings is 1. The molecule has 0 bridgehead atoms. The van der Waals surface area contributed by atoms with Crippen LogP contribution in [0.3, 0.4) is 0 Å². The average molecular weight is 321 g/mol. The number of fused-ring (bicyclic) bond motifs is 1. The summed E-state index contributed by atoms with van der Waals surface area (Å²) >= 11 is 0. The zero-order valence-electron chi connectivity index (χ0n) is 12.8. The largest absolute Gasteiger partial charge is 0.352 e. The van der Waals surface area contributed by atoms with Crippen LogP contribution in [0.4, 0.5) is 0 Å². The predicted octanol–water partition coefficient (Wildman–Crippen LogP) is 2.60. The summed E-state index contributed by atoms with van der Waals surface area (Å²) in [5.41, 5.74) is 1.88. The molecule has 0 saturated heterocycles. The van der Waals surface area contributed by atoms with Gasteiger partial charge in [0.05, 0.1) is 10.6 Å². The summed E-state index contributed by atoms with van der Waals surface area (Å²) in [6.45, 7) is 0.489. The van der Waals surface area contributed by atoms with Crippen molar-refractivity contribution in [3.63, 3.8) is 0 Å². The number of hydrogen-bond acceptors (Lipinski definition) is 3. The lowest BCUT2D eigenvalue weighted by Crippen LogP contribution is -2.31. The normalized spacial score (nSPS) is 21.1. The van der Waals surface area contributed by atoms with Gasteiger partial charge in [-0.1, -0.05) is 31.4 Å². The van der Waals surface area contributed by atoms with Crippen LogP contribution in [0, 0.1) is 5.92 Å². The van der Waals surface area contributed by atoms with Crippen LogP contribution in [0.5, 0.6) is 0 Å². The number of nitrogens with one attached hydrogen (secondary N) is 1. The van der Waals surface area contributed by atoms with Crippen LogP contribution in [-0.2, 0) is 27.6 Å². The highest BCUT2D eigenvalue weighted by Crippen LogP contribution is 2.26. The number of sulfone groups is 1. The second-order valence-electron chi connectivity index (χ2n) is 6.42. The van der Waals surface area contributed by atoms with Gasteiger partial charge in [-0.25, -0.2) is 8.42 Å². The number of hydrogen-bond donors (Lipinski definition) is 1. The number of rotatable bonds is 3. The molecule has 4 nitrogen and oxygen atoms in total. The first-order valence-electron chi connectivity index (χ1n) is 8.18. The van der Waals surface area contributed by atoms with E-state index < -0.39 is 9.84 Å². The van der Waals surface area contributed by atoms with Crippen LogP contribution < -0.4 is 5.32 Å². The van der Waals surface area contributed by atoms with Crippen LogP contribution >= 0.6 is 0 Å². The Morgan fingerprint density at radius 2 is 1.91 bits per heavy atom. The highest BCUT2D eigenvalue weighted by Gasteiger charge is 2.24. The van der Waals surface area contributed by atoms with Crippen molar-refractivity contribution in [3.05, 3.63) is 29.3 Å². The highest BCUT2D eigenvalue weighted by atomic mass is 32.2. The van der Waals surface area contributed by atoms with Crippen molar-refractivity contribution in [2.45, 2.75) is 56.4 Å². The summed E-state index contributed by atoms with van der Waals surface area (Å²) < 4.78 is 24.0. The smallest absolute Gasteiger partial charge is 0.223 e. The predicted molar refractivity (Wildman–Crippen MR) is 85.2 cm³/mol. The van der Waals surface area contributed by atoms with Gasteiger partial charge in [-0.05, 0) is 42.9 Å². The lowest BCUT2D eigenvalue weighted by atomic mass is 9.88. The quantitative estimate of drug-likeness (QED) is 0.931. The minimum atomic E-state index is -3.09. The Bertz CT molecular complexity index is 660. The van der Waals surface area contributed by atoms with Crippen LogP contribution in [-0.4, -0.2) is 20.1 Å². The molecule has 1 aliphatic carbocycles. The van der Waals surface area contributed by atoms with Crippen LogP contribution in [0.2, 0.25) is 0 Å². The maximum Gasteiger partial charge on any atom is 0.223 e. The van der Waals surface area contributed by atoms with Crippen molar-refractivity contribution in [1.29, 1.82) is 0 Å². The van der Waals surface area contributed by atoms with Gasteiger partial charge in [0.1, 0.15) is 0 Å². The van der Waals surface area contributed by atoms with E-state index in [1.807, 2.05) is 12.1 Å². The lowest BCUT2D eigenvalue weighted by molar-refractivity contribution is -0.126. The van der Waals surface area contributed by atoms with Crippen LogP contribution in [0.25, 0.3) is 0 Å². The summed E-state index contributed by atoms with van der Waals surface area (Å²) in [7, 11) is -3.09. The van der Waals surface area contributed by atoms with Gasteiger partial charge in [0.2, 0.25) is 5.91 Å². The molecule has 1 amide bonds. The topological polar surface area (TPSA) is 63.2 Å². The van der Waals surface area contributed by atoms with E-state index in [0.717, 1.165) is 43.2 Å². The van der Waals surface area contributed by atoms with Crippen molar-refractivity contribution in [3.8, 4) is 0 Å². The third-order valence-electron chi connectivity index (χ3n) is 4.76. The molecule has 3 rings (SSSR count). The summed E-state index contributed by atoms with van der Waals surface area (Å²) in [6, 6.07) is 5.46. The van der Waals surface area contributed by atoms with E-state index in [1.54, 1.807) is 6.07 Å². The summed E-state index contributed by atoms with van der Waals surface area (Å²) in [4.78, 5) is 12.6. The van der Waals surface area contributed by atoms with Gasteiger partial charge in [0, 0.05) is 12.5 Å². The SMILES string of the molecule is O=C(NCc1ccc2c(c1)CCCS2(=O)=O)C1CCCCC1. The molecule has 0 aromatic heterocycles. The van der Waals surface area contributed by atoms with Gasteiger partial charge in [-0.3, -0.25) is 4.79 Å². The molecule has 0 atom stereocenters. The molecule has 2 aliphatic rings. The first-order valence-corrected chi connectivity index (χ1v) is 9.84. The molecule has 1 saturated carbocycles. The van der Waals surface area contributed by atoms with Gasteiger partial charge in [-0.15, -0.1) is 0 Å². The molecular formula is C17H23NO3S. The van der Waals surface area contributed by atoms with Gasteiger partial charge >= 0.3 is 0 Å². The monoisotopic (exact) mass is 321 g/mol. The van der Waals surface area contributed by atoms with Crippen molar-refractivity contribution in [1.82, 2.24) is 5.32 Å². The Hall–Kier alpha value is -1.36. The molecule has 0 unspecified atom stereocenters. The molecular weight excluding hydrogens is 298 g/mol. The maximum atomic E-state index is 12.2. The molecule has 0 radical (unpaired) electrons. The number of aryl methyl sites for hydroxylation is 1. The van der Waals surface area contributed by atoms with E-state index in [2.05, 4.69) is 5.32 Å². The summed E-state index contributed by atoms with van der Waals surface area (Å²) in [5, 5.41) is 3.01. The molecule has 120 valence electrons.